The normalized spacial score (nSPS) is 13.1. The van der Waals surface area contributed by atoms with Crippen LogP contribution in [0.1, 0.15) is 17.2 Å². The predicted molar refractivity (Wildman–Crippen MR) is 75.3 cm³/mol. The molecule has 0 radical (unpaired) electrons. The molecule has 2 aromatic rings. The fourth-order valence-corrected chi connectivity index (χ4v) is 3.51. The molecule has 0 aromatic heterocycles. The van der Waals surface area contributed by atoms with Crippen LogP contribution in [0.2, 0.25) is 0 Å². The molecular weight excluding hydrogens is 298 g/mol. The predicted octanol–water partition coefficient (Wildman–Crippen LogP) is 2.61. The number of aliphatic hydroxyl groups is 1. The third kappa shape index (κ3) is 4.09. The zero-order valence-electron chi connectivity index (χ0n) is 11.0. The first-order chi connectivity index (χ1) is 9.89. The molecule has 0 aliphatic rings. The molecule has 0 amide bonds. The molecule has 0 fully saturated rings. The lowest BCUT2D eigenvalue weighted by atomic mass is 10.1. The second-order valence-corrected chi connectivity index (χ2v) is 6.80. The highest BCUT2D eigenvalue weighted by Crippen LogP contribution is 2.23. The Bertz CT molecular complexity index is 695. The van der Waals surface area contributed by atoms with Crippen molar-refractivity contribution >= 4 is 9.84 Å². The van der Waals surface area contributed by atoms with Crippen molar-refractivity contribution in [3.63, 3.8) is 0 Å². The quantitative estimate of drug-likeness (QED) is 0.923. The Labute approximate surface area is 121 Å². The molecule has 1 N–H and O–H groups in total. The highest BCUT2D eigenvalue weighted by Gasteiger charge is 2.24. The number of sulfone groups is 1. The van der Waals surface area contributed by atoms with Crippen molar-refractivity contribution in [3.8, 4) is 0 Å². The van der Waals surface area contributed by atoms with E-state index in [1.165, 1.54) is 0 Å². The van der Waals surface area contributed by atoms with Gasteiger partial charge in [-0.1, -0.05) is 36.4 Å². The summed E-state index contributed by atoms with van der Waals surface area (Å²) >= 11 is 0. The lowest BCUT2D eigenvalue weighted by Crippen LogP contribution is -2.18. The first-order valence-corrected chi connectivity index (χ1v) is 8.07. The summed E-state index contributed by atoms with van der Waals surface area (Å²) in [7, 11) is -3.70. The highest BCUT2D eigenvalue weighted by atomic mass is 32.2. The van der Waals surface area contributed by atoms with Gasteiger partial charge in [-0.05, 0) is 17.7 Å². The van der Waals surface area contributed by atoms with Gasteiger partial charge in [-0.3, -0.25) is 0 Å². The van der Waals surface area contributed by atoms with E-state index >= 15 is 0 Å². The van der Waals surface area contributed by atoms with E-state index < -0.39 is 38.9 Å². The van der Waals surface area contributed by atoms with E-state index in [4.69, 9.17) is 0 Å². The lowest BCUT2D eigenvalue weighted by Gasteiger charge is -2.13. The van der Waals surface area contributed by atoms with Crippen LogP contribution >= 0.6 is 0 Å². The van der Waals surface area contributed by atoms with Gasteiger partial charge in [-0.2, -0.15) is 0 Å². The summed E-state index contributed by atoms with van der Waals surface area (Å²) in [4.78, 5) is 0. The van der Waals surface area contributed by atoms with Crippen LogP contribution in [0.5, 0.6) is 0 Å². The average Bonchev–Trinajstić information content (AvgIpc) is 2.38. The van der Waals surface area contributed by atoms with Crippen LogP contribution in [-0.2, 0) is 15.6 Å². The smallest absolute Gasteiger partial charge is 0.157 e. The van der Waals surface area contributed by atoms with Gasteiger partial charge in [-0.25, -0.2) is 17.2 Å². The Balaban J connectivity index is 2.17. The van der Waals surface area contributed by atoms with Gasteiger partial charge in [-0.15, -0.1) is 0 Å². The van der Waals surface area contributed by atoms with Crippen LogP contribution in [-0.4, -0.2) is 19.3 Å². The summed E-state index contributed by atoms with van der Waals surface area (Å²) in [5.41, 5.74) is -0.0622. The minimum atomic E-state index is -3.70. The molecule has 0 heterocycles. The minimum absolute atomic E-state index is 0.291. The van der Waals surface area contributed by atoms with Crippen molar-refractivity contribution in [1.82, 2.24) is 0 Å². The molecule has 2 rings (SSSR count). The second kappa shape index (κ2) is 6.32. The van der Waals surface area contributed by atoms with Gasteiger partial charge in [0.1, 0.15) is 11.6 Å². The van der Waals surface area contributed by atoms with Crippen LogP contribution in [0.15, 0.2) is 48.5 Å². The molecule has 2 aromatic carbocycles. The van der Waals surface area contributed by atoms with Gasteiger partial charge in [0.2, 0.25) is 0 Å². The maximum Gasteiger partial charge on any atom is 0.157 e. The Morgan fingerprint density at radius 1 is 0.952 bits per heavy atom. The monoisotopic (exact) mass is 312 g/mol. The van der Waals surface area contributed by atoms with Crippen LogP contribution in [0.25, 0.3) is 0 Å². The van der Waals surface area contributed by atoms with E-state index in [1.54, 1.807) is 30.3 Å². The van der Waals surface area contributed by atoms with Crippen molar-refractivity contribution in [2.45, 2.75) is 11.9 Å². The molecule has 1 unspecified atom stereocenters. The molecule has 0 aliphatic heterocycles. The number of benzene rings is 2. The Morgan fingerprint density at radius 3 is 2.10 bits per heavy atom. The molecule has 112 valence electrons. The maximum absolute atomic E-state index is 13.5. The minimum Gasteiger partial charge on any atom is -0.387 e. The van der Waals surface area contributed by atoms with Crippen LogP contribution in [0, 0.1) is 11.6 Å². The second-order valence-electron chi connectivity index (χ2n) is 4.69. The van der Waals surface area contributed by atoms with Crippen molar-refractivity contribution in [2.75, 3.05) is 5.75 Å². The molecule has 1 atom stereocenters. The topological polar surface area (TPSA) is 54.4 Å². The SMILES string of the molecule is O=S(=O)(Cc1ccccc1)CC(O)c1c(F)cccc1F. The van der Waals surface area contributed by atoms with Crippen molar-refractivity contribution in [1.29, 1.82) is 0 Å². The van der Waals surface area contributed by atoms with E-state index in [-0.39, 0.29) is 5.75 Å². The number of rotatable bonds is 5. The standard InChI is InChI=1S/C15H14F2O3S/c16-12-7-4-8-13(17)15(12)14(18)10-21(19,20)9-11-5-2-1-3-6-11/h1-8,14,18H,9-10H2. The van der Waals surface area contributed by atoms with Crippen LogP contribution < -0.4 is 0 Å². The average molecular weight is 312 g/mol. The maximum atomic E-state index is 13.5. The van der Waals surface area contributed by atoms with Crippen molar-refractivity contribution in [3.05, 3.63) is 71.3 Å². The zero-order chi connectivity index (χ0) is 15.5. The van der Waals surface area contributed by atoms with Crippen molar-refractivity contribution < 1.29 is 22.3 Å². The zero-order valence-corrected chi connectivity index (χ0v) is 11.9. The van der Waals surface area contributed by atoms with Gasteiger partial charge in [0.05, 0.1) is 23.2 Å². The Kier molecular flexibility index (Phi) is 4.69. The third-order valence-electron chi connectivity index (χ3n) is 2.97. The summed E-state index contributed by atoms with van der Waals surface area (Å²) in [5.74, 6) is -2.95. The van der Waals surface area contributed by atoms with Gasteiger partial charge < -0.3 is 5.11 Å². The fraction of sp³-hybridized carbons (Fsp3) is 0.200. The summed E-state index contributed by atoms with van der Waals surface area (Å²) < 4.78 is 51.0. The lowest BCUT2D eigenvalue weighted by molar-refractivity contribution is 0.191. The van der Waals surface area contributed by atoms with Gasteiger partial charge in [0.15, 0.2) is 9.84 Å². The molecule has 6 heteroatoms. The first-order valence-electron chi connectivity index (χ1n) is 6.25. The van der Waals surface area contributed by atoms with Crippen LogP contribution in [0.4, 0.5) is 8.78 Å². The molecule has 21 heavy (non-hydrogen) atoms. The van der Waals surface area contributed by atoms with Crippen molar-refractivity contribution in [2.24, 2.45) is 0 Å². The fourth-order valence-electron chi connectivity index (χ4n) is 2.04. The van der Waals surface area contributed by atoms with Gasteiger partial charge >= 0.3 is 0 Å². The molecule has 3 nitrogen and oxygen atoms in total. The van der Waals surface area contributed by atoms with Gasteiger partial charge in [0.25, 0.3) is 0 Å². The number of hydrogen-bond acceptors (Lipinski definition) is 3. The third-order valence-corrected chi connectivity index (χ3v) is 4.57. The molecular formula is C15H14F2O3S. The summed E-state index contributed by atoms with van der Waals surface area (Å²) in [5, 5.41) is 9.84. The molecule has 0 saturated carbocycles. The molecule has 0 aliphatic carbocycles. The Hall–Kier alpha value is -1.79. The van der Waals surface area contributed by atoms with E-state index in [9.17, 15) is 22.3 Å². The summed E-state index contributed by atoms with van der Waals surface area (Å²) in [6.45, 7) is 0. The number of halogens is 2. The molecule has 0 spiro atoms. The van der Waals surface area contributed by atoms with Crippen LogP contribution in [0.3, 0.4) is 0 Å². The molecule has 0 saturated heterocycles. The number of hydrogen-bond donors (Lipinski definition) is 1. The van der Waals surface area contributed by atoms with Gasteiger partial charge in [0, 0.05) is 0 Å². The molecule has 0 bridgehead atoms. The highest BCUT2D eigenvalue weighted by molar-refractivity contribution is 7.90. The van der Waals surface area contributed by atoms with E-state index in [0.29, 0.717) is 5.56 Å². The van der Waals surface area contributed by atoms with E-state index in [2.05, 4.69) is 0 Å². The number of aliphatic hydroxyl groups excluding tert-OH is 1. The summed E-state index contributed by atoms with van der Waals surface area (Å²) in [6.07, 6.45) is -1.74. The van der Waals surface area contributed by atoms with E-state index in [0.717, 1.165) is 18.2 Å². The Morgan fingerprint density at radius 2 is 1.52 bits per heavy atom. The first kappa shape index (κ1) is 15.6. The van der Waals surface area contributed by atoms with E-state index in [1.807, 2.05) is 0 Å². The largest absolute Gasteiger partial charge is 0.387 e. The summed E-state index contributed by atoms with van der Waals surface area (Å²) in [6, 6.07) is 11.5.